The molecule has 1 aliphatic rings. The summed E-state index contributed by atoms with van der Waals surface area (Å²) in [7, 11) is 1.67. The first kappa shape index (κ1) is 14.4. The summed E-state index contributed by atoms with van der Waals surface area (Å²) in [6.45, 7) is 2.07. The van der Waals surface area contributed by atoms with Gasteiger partial charge in [-0.25, -0.2) is 0 Å². The second-order valence-corrected chi connectivity index (χ2v) is 5.71. The number of fused-ring (bicyclic) bond motifs is 1. The number of hydrogen-bond donors (Lipinski definition) is 1. The molecule has 6 nitrogen and oxygen atoms in total. The number of aryl methyl sites for hydroxylation is 1. The molecular formula is C18H17N5O. The standard InChI is InChI=1S/C18H17N5O/c1-12-7-9-13(10-8-12)15-11-16(23-18(19-15)20-21-22-23)14-5-3-4-6-17(14)24-2/h3-11,16H,1-2H3,(H,19,20,22)/t16-/m0/s1. The molecule has 2 heterocycles. The Labute approximate surface area is 139 Å². The number of nitrogens with one attached hydrogen (secondary N) is 1. The number of ether oxygens (including phenoxy) is 1. The number of aromatic nitrogens is 4. The lowest BCUT2D eigenvalue weighted by Crippen LogP contribution is -2.20. The SMILES string of the molecule is COc1ccccc1[C@@H]1C=C(c2ccc(C)cc2)Nc2nnnn21. The van der Waals surface area contributed by atoms with Crippen molar-refractivity contribution in [2.75, 3.05) is 12.4 Å². The quantitative estimate of drug-likeness (QED) is 0.804. The van der Waals surface area contributed by atoms with Crippen LogP contribution in [-0.2, 0) is 0 Å². The Morgan fingerprint density at radius 3 is 2.67 bits per heavy atom. The van der Waals surface area contributed by atoms with Gasteiger partial charge in [-0.1, -0.05) is 53.1 Å². The fourth-order valence-corrected chi connectivity index (χ4v) is 2.89. The van der Waals surface area contributed by atoms with Crippen LogP contribution in [-0.4, -0.2) is 27.3 Å². The lowest BCUT2D eigenvalue weighted by molar-refractivity contribution is 0.403. The van der Waals surface area contributed by atoms with E-state index < -0.39 is 0 Å². The fourth-order valence-electron chi connectivity index (χ4n) is 2.89. The van der Waals surface area contributed by atoms with Gasteiger partial charge in [-0.3, -0.25) is 0 Å². The number of rotatable bonds is 3. The van der Waals surface area contributed by atoms with E-state index in [1.807, 2.05) is 24.3 Å². The maximum Gasteiger partial charge on any atom is 0.248 e. The number of benzene rings is 2. The van der Waals surface area contributed by atoms with E-state index >= 15 is 0 Å². The molecule has 3 aromatic rings. The third-order valence-electron chi connectivity index (χ3n) is 4.15. The maximum absolute atomic E-state index is 5.52. The number of allylic oxidation sites excluding steroid dienone is 1. The van der Waals surface area contributed by atoms with Gasteiger partial charge in [0, 0.05) is 11.3 Å². The van der Waals surface area contributed by atoms with Gasteiger partial charge >= 0.3 is 0 Å². The third kappa shape index (κ3) is 2.42. The van der Waals surface area contributed by atoms with E-state index in [0.29, 0.717) is 5.95 Å². The molecule has 0 unspecified atom stereocenters. The molecule has 1 atom stereocenters. The lowest BCUT2D eigenvalue weighted by atomic mass is 10.0. The summed E-state index contributed by atoms with van der Waals surface area (Å²) in [6.07, 6.45) is 2.12. The van der Waals surface area contributed by atoms with Crippen LogP contribution in [0.5, 0.6) is 5.75 Å². The Bertz CT molecular complexity index is 898. The maximum atomic E-state index is 5.52. The van der Waals surface area contributed by atoms with Crippen molar-refractivity contribution in [3.05, 3.63) is 71.3 Å². The Balaban J connectivity index is 1.83. The summed E-state index contributed by atoms with van der Waals surface area (Å²) < 4.78 is 7.27. The minimum Gasteiger partial charge on any atom is -0.496 e. The zero-order valence-corrected chi connectivity index (χ0v) is 13.5. The van der Waals surface area contributed by atoms with Crippen LogP contribution in [0.3, 0.4) is 0 Å². The van der Waals surface area contributed by atoms with Gasteiger partial charge in [0.2, 0.25) is 5.95 Å². The van der Waals surface area contributed by atoms with Crippen LogP contribution >= 0.6 is 0 Å². The van der Waals surface area contributed by atoms with E-state index in [1.165, 1.54) is 5.56 Å². The molecule has 24 heavy (non-hydrogen) atoms. The summed E-state index contributed by atoms with van der Waals surface area (Å²) in [5, 5.41) is 15.3. The van der Waals surface area contributed by atoms with Gasteiger partial charge in [0.15, 0.2) is 0 Å². The van der Waals surface area contributed by atoms with Crippen molar-refractivity contribution in [3.8, 4) is 5.75 Å². The molecule has 0 saturated carbocycles. The zero-order valence-electron chi connectivity index (χ0n) is 13.5. The van der Waals surface area contributed by atoms with E-state index in [9.17, 15) is 0 Å². The summed E-state index contributed by atoms with van der Waals surface area (Å²) in [6, 6.07) is 16.1. The van der Waals surface area contributed by atoms with Crippen LogP contribution in [0.1, 0.15) is 22.7 Å². The van der Waals surface area contributed by atoms with Crippen LogP contribution in [0.4, 0.5) is 5.95 Å². The van der Waals surface area contributed by atoms with E-state index in [0.717, 1.165) is 22.6 Å². The van der Waals surface area contributed by atoms with Crippen molar-refractivity contribution in [2.45, 2.75) is 13.0 Å². The minimum absolute atomic E-state index is 0.135. The number of methoxy groups -OCH3 is 1. The van der Waals surface area contributed by atoms with Crippen molar-refractivity contribution in [1.82, 2.24) is 20.2 Å². The van der Waals surface area contributed by atoms with E-state index in [4.69, 9.17) is 4.74 Å². The number of tetrazole rings is 1. The van der Waals surface area contributed by atoms with Crippen LogP contribution in [0, 0.1) is 6.92 Å². The topological polar surface area (TPSA) is 64.9 Å². The van der Waals surface area contributed by atoms with E-state index in [1.54, 1.807) is 11.8 Å². The van der Waals surface area contributed by atoms with Crippen molar-refractivity contribution in [1.29, 1.82) is 0 Å². The molecule has 6 heteroatoms. The highest BCUT2D eigenvalue weighted by Crippen LogP contribution is 2.35. The molecule has 0 bridgehead atoms. The molecule has 0 saturated heterocycles. The van der Waals surface area contributed by atoms with Gasteiger partial charge in [-0.15, -0.1) is 0 Å². The molecule has 1 aromatic heterocycles. The molecule has 1 N–H and O–H groups in total. The predicted molar refractivity (Wildman–Crippen MR) is 91.7 cm³/mol. The fraction of sp³-hybridized carbons (Fsp3) is 0.167. The minimum atomic E-state index is -0.135. The Morgan fingerprint density at radius 1 is 1.08 bits per heavy atom. The molecule has 2 aromatic carbocycles. The average Bonchev–Trinajstić information content (AvgIpc) is 3.10. The molecule has 0 fully saturated rings. The summed E-state index contributed by atoms with van der Waals surface area (Å²) in [5.41, 5.74) is 4.31. The Morgan fingerprint density at radius 2 is 1.88 bits per heavy atom. The highest BCUT2D eigenvalue weighted by molar-refractivity contribution is 5.77. The molecule has 0 amide bonds. The first-order chi connectivity index (χ1) is 11.8. The largest absolute Gasteiger partial charge is 0.496 e. The first-order valence-corrected chi connectivity index (χ1v) is 7.73. The molecule has 0 radical (unpaired) electrons. The summed E-state index contributed by atoms with van der Waals surface area (Å²) in [5.74, 6) is 1.43. The summed E-state index contributed by atoms with van der Waals surface area (Å²) in [4.78, 5) is 0. The summed E-state index contributed by atoms with van der Waals surface area (Å²) >= 11 is 0. The second-order valence-electron chi connectivity index (χ2n) is 5.71. The van der Waals surface area contributed by atoms with Crippen molar-refractivity contribution >= 4 is 11.6 Å². The van der Waals surface area contributed by atoms with Gasteiger partial charge in [-0.2, -0.15) is 4.68 Å². The molecule has 0 aliphatic carbocycles. The number of nitrogens with zero attached hydrogens (tertiary/aromatic N) is 4. The third-order valence-corrected chi connectivity index (χ3v) is 4.15. The van der Waals surface area contributed by atoms with Gasteiger partial charge in [-0.05, 0) is 35.1 Å². The smallest absolute Gasteiger partial charge is 0.248 e. The predicted octanol–water partition coefficient (Wildman–Crippen LogP) is 3.05. The first-order valence-electron chi connectivity index (χ1n) is 7.73. The van der Waals surface area contributed by atoms with Gasteiger partial charge in [0.05, 0.1) is 7.11 Å². The number of para-hydroxylation sites is 1. The average molecular weight is 319 g/mol. The van der Waals surface area contributed by atoms with Crippen LogP contribution in [0.2, 0.25) is 0 Å². The normalized spacial score (nSPS) is 16.1. The van der Waals surface area contributed by atoms with Crippen LogP contribution < -0.4 is 10.1 Å². The van der Waals surface area contributed by atoms with Crippen molar-refractivity contribution < 1.29 is 4.74 Å². The van der Waals surface area contributed by atoms with Crippen molar-refractivity contribution in [3.63, 3.8) is 0 Å². The van der Waals surface area contributed by atoms with E-state index in [2.05, 4.69) is 58.1 Å². The van der Waals surface area contributed by atoms with Crippen LogP contribution in [0.25, 0.3) is 5.70 Å². The van der Waals surface area contributed by atoms with Crippen molar-refractivity contribution in [2.24, 2.45) is 0 Å². The van der Waals surface area contributed by atoms with Crippen LogP contribution in [0.15, 0.2) is 54.6 Å². The molecule has 0 spiro atoms. The number of anilines is 1. The van der Waals surface area contributed by atoms with Gasteiger partial charge in [0.1, 0.15) is 11.8 Å². The molecule has 1 aliphatic heterocycles. The molecule has 4 rings (SSSR count). The highest BCUT2D eigenvalue weighted by Gasteiger charge is 2.26. The Kier molecular flexibility index (Phi) is 3.49. The van der Waals surface area contributed by atoms with E-state index in [-0.39, 0.29) is 6.04 Å². The monoisotopic (exact) mass is 319 g/mol. The zero-order chi connectivity index (χ0) is 16.5. The highest BCUT2D eigenvalue weighted by atomic mass is 16.5. The van der Waals surface area contributed by atoms with Gasteiger partial charge in [0.25, 0.3) is 0 Å². The number of hydrogen-bond acceptors (Lipinski definition) is 5. The molecular weight excluding hydrogens is 302 g/mol. The second kappa shape index (κ2) is 5.81. The van der Waals surface area contributed by atoms with Gasteiger partial charge < -0.3 is 10.1 Å². The Hall–Kier alpha value is -3.15. The molecule has 120 valence electrons. The lowest BCUT2D eigenvalue weighted by Gasteiger charge is -2.24.